The Balaban J connectivity index is 1.52. The molecule has 3 aromatic rings. The molecule has 29 heavy (non-hydrogen) atoms. The van der Waals surface area contributed by atoms with Crippen molar-refractivity contribution in [3.8, 4) is 0 Å². The largest absolute Gasteiger partial charge is 0.467 e. The average molecular weight is 389 g/mol. The predicted octanol–water partition coefficient (Wildman–Crippen LogP) is 3.56. The predicted molar refractivity (Wildman–Crippen MR) is 109 cm³/mol. The Bertz CT molecular complexity index is 968. The number of carbonyl (C=O) groups is 2. The number of pyridine rings is 1. The van der Waals surface area contributed by atoms with Crippen LogP contribution in [0.25, 0.3) is 0 Å². The van der Waals surface area contributed by atoms with Crippen LogP contribution in [0.1, 0.15) is 23.4 Å². The van der Waals surface area contributed by atoms with Gasteiger partial charge in [-0.2, -0.15) is 0 Å². The van der Waals surface area contributed by atoms with Crippen molar-refractivity contribution in [2.45, 2.75) is 26.4 Å². The van der Waals surface area contributed by atoms with Gasteiger partial charge in [0, 0.05) is 24.8 Å². The van der Waals surface area contributed by atoms with Gasteiger partial charge >= 0.3 is 0 Å². The SMILES string of the molecule is Cc1ccc(N(Cc2ccco2)C(=O)C2CC(=O)N(Cc3ccccn3)C2)cc1. The van der Waals surface area contributed by atoms with Crippen molar-refractivity contribution in [3.05, 3.63) is 84.1 Å². The van der Waals surface area contributed by atoms with E-state index in [9.17, 15) is 9.59 Å². The lowest BCUT2D eigenvalue weighted by Crippen LogP contribution is -2.37. The van der Waals surface area contributed by atoms with E-state index in [4.69, 9.17) is 4.42 Å². The summed E-state index contributed by atoms with van der Waals surface area (Å²) in [7, 11) is 0. The Hall–Kier alpha value is -3.41. The van der Waals surface area contributed by atoms with Gasteiger partial charge in [0.25, 0.3) is 0 Å². The van der Waals surface area contributed by atoms with E-state index in [1.165, 1.54) is 0 Å². The van der Waals surface area contributed by atoms with Crippen molar-refractivity contribution in [1.82, 2.24) is 9.88 Å². The average Bonchev–Trinajstić information content (AvgIpc) is 3.37. The second-order valence-corrected chi connectivity index (χ2v) is 7.34. The Kier molecular flexibility index (Phi) is 5.42. The molecule has 1 aromatic carbocycles. The van der Waals surface area contributed by atoms with E-state index in [2.05, 4.69) is 4.98 Å². The first-order valence-electron chi connectivity index (χ1n) is 9.68. The fourth-order valence-electron chi connectivity index (χ4n) is 3.58. The van der Waals surface area contributed by atoms with Gasteiger partial charge in [-0.3, -0.25) is 14.6 Å². The van der Waals surface area contributed by atoms with Crippen molar-refractivity contribution >= 4 is 17.5 Å². The van der Waals surface area contributed by atoms with E-state index in [1.807, 2.05) is 55.5 Å². The van der Waals surface area contributed by atoms with Gasteiger partial charge in [0.1, 0.15) is 5.76 Å². The van der Waals surface area contributed by atoms with Crippen LogP contribution in [0.5, 0.6) is 0 Å². The van der Waals surface area contributed by atoms with Crippen molar-refractivity contribution in [1.29, 1.82) is 0 Å². The van der Waals surface area contributed by atoms with Gasteiger partial charge in [0.2, 0.25) is 11.8 Å². The van der Waals surface area contributed by atoms with Crippen LogP contribution in [0, 0.1) is 12.8 Å². The van der Waals surface area contributed by atoms with Crippen LogP contribution < -0.4 is 4.90 Å². The molecule has 1 unspecified atom stereocenters. The quantitative estimate of drug-likeness (QED) is 0.646. The van der Waals surface area contributed by atoms with E-state index in [-0.39, 0.29) is 24.2 Å². The summed E-state index contributed by atoms with van der Waals surface area (Å²) in [5.74, 6) is 0.231. The molecule has 3 heterocycles. The maximum Gasteiger partial charge on any atom is 0.232 e. The van der Waals surface area contributed by atoms with Crippen molar-refractivity contribution in [2.24, 2.45) is 5.92 Å². The lowest BCUT2D eigenvalue weighted by Gasteiger charge is -2.25. The van der Waals surface area contributed by atoms with Crippen LogP contribution in [0.4, 0.5) is 5.69 Å². The first-order valence-corrected chi connectivity index (χ1v) is 9.68. The van der Waals surface area contributed by atoms with Crippen molar-refractivity contribution < 1.29 is 14.0 Å². The Morgan fingerprint density at radius 2 is 2.00 bits per heavy atom. The summed E-state index contributed by atoms with van der Waals surface area (Å²) in [6, 6.07) is 17.1. The lowest BCUT2D eigenvalue weighted by molar-refractivity contribution is -0.129. The van der Waals surface area contributed by atoms with Gasteiger partial charge in [-0.1, -0.05) is 23.8 Å². The molecule has 2 amide bonds. The minimum absolute atomic E-state index is 0.0177. The van der Waals surface area contributed by atoms with Gasteiger partial charge < -0.3 is 14.2 Å². The molecule has 1 saturated heterocycles. The summed E-state index contributed by atoms with van der Waals surface area (Å²) in [5, 5.41) is 0. The second-order valence-electron chi connectivity index (χ2n) is 7.34. The maximum absolute atomic E-state index is 13.4. The highest BCUT2D eigenvalue weighted by molar-refractivity contribution is 5.98. The number of rotatable bonds is 6. The molecular formula is C23H23N3O3. The van der Waals surface area contributed by atoms with E-state index in [0.717, 1.165) is 16.9 Å². The number of hydrogen-bond acceptors (Lipinski definition) is 4. The third kappa shape index (κ3) is 4.37. The van der Waals surface area contributed by atoms with Crippen molar-refractivity contribution in [2.75, 3.05) is 11.4 Å². The molecule has 0 saturated carbocycles. The normalized spacial score (nSPS) is 16.2. The van der Waals surface area contributed by atoms with E-state index in [0.29, 0.717) is 25.4 Å². The Labute approximate surface area is 169 Å². The number of likely N-dealkylation sites (tertiary alicyclic amines) is 1. The highest BCUT2D eigenvalue weighted by atomic mass is 16.3. The number of aryl methyl sites for hydroxylation is 1. The van der Waals surface area contributed by atoms with Crippen LogP contribution in [0.15, 0.2) is 71.5 Å². The molecule has 6 heteroatoms. The molecule has 148 valence electrons. The zero-order valence-corrected chi connectivity index (χ0v) is 16.3. The zero-order chi connectivity index (χ0) is 20.2. The molecule has 0 N–H and O–H groups in total. The molecule has 1 aliphatic heterocycles. The van der Waals surface area contributed by atoms with Crippen LogP contribution >= 0.6 is 0 Å². The summed E-state index contributed by atoms with van der Waals surface area (Å²) in [5.41, 5.74) is 2.74. The molecular weight excluding hydrogens is 366 g/mol. The molecule has 1 fully saturated rings. The lowest BCUT2D eigenvalue weighted by atomic mass is 10.1. The second kappa shape index (κ2) is 8.31. The smallest absolute Gasteiger partial charge is 0.232 e. The summed E-state index contributed by atoms with van der Waals surface area (Å²) < 4.78 is 5.46. The van der Waals surface area contributed by atoms with Gasteiger partial charge in [-0.15, -0.1) is 0 Å². The van der Waals surface area contributed by atoms with Crippen LogP contribution in [0.2, 0.25) is 0 Å². The number of nitrogens with zero attached hydrogens (tertiary/aromatic N) is 3. The summed E-state index contributed by atoms with van der Waals surface area (Å²) in [4.78, 5) is 33.6. The van der Waals surface area contributed by atoms with Crippen molar-refractivity contribution in [3.63, 3.8) is 0 Å². The number of hydrogen-bond donors (Lipinski definition) is 0. The molecule has 0 bridgehead atoms. The molecule has 4 rings (SSSR count). The molecule has 0 spiro atoms. The molecule has 2 aromatic heterocycles. The standard InChI is InChI=1S/C23H23N3O3/c1-17-7-9-20(10-8-17)26(16-21-6-4-12-29-21)23(28)18-13-22(27)25(14-18)15-19-5-2-3-11-24-19/h2-12,18H,13-16H2,1H3. The molecule has 6 nitrogen and oxygen atoms in total. The topological polar surface area (TPSA) is 66.7 Å². The third-order valence-electron chi connectivity index (χ3n) is 5.15. The van der Waals surface area contributed by atoms with Gasteiger partial charge in [-0.25, -0.2) is 0 Å². The van der Waals surface area contributed by atoms with Crippen LogP contribution in [-0.4, -0.2) is 28.2 Å². The highest BCUT2D eigenvalue weighted by Gasteiger charge is 2.37. The summed E-state index contributed by atoms with van der Waals surface area (Å²) >= 11 is 0. The fourth-order valence-corrected chi connectivity index (χ4v) is 3.58. The Morgan fingerprint density at radius 1 is 1.17 bits per heavy atom. The molecule has 1 aliphatic rings. The van der Waals surface area contributed by atoms with Gasteiger partial charge in [0.15, 0.2) is 0 Å². The van der Waals surface area contributed by atoms with Gasteiger partial charge in [-0.05, 0) is 43.3 Å². The first-order chi connectivity index (χ1) is 14.1. The minimum atomic E-state index is -0.387. The maximum atomic E-state index is 13.4. The van der Waals surface area contributed by atoms with E-state index in [1.54, 1.807) is 28.3 Å². The zero-order valence-electron chi connectivity index (χ0n) is 16.3. The number of benzene rings is 1. The van der Waals surface area contributed by atoms with Gasteiger partial charge in [0.05, 0.1) is 31.0 Å². The fraction of sp³-hybridized carbons (Fsp3) is 0.261. The summed E-state index contributed by atoms with van der Waals surface area (Å²) in [6.45, 7) is 3.16. The number of furan rings is 1. The number of carbonyl (C=O) groups excluding carboxylic acids is 2. The minimum Gasteiger partial charge on any atom is -0.467 e. The van der Waals surface area contributed by atoms with E-state index < -0.39 is 0 Å². The van der Waals surface area contributed by atoms with Crippen LogP contribution in [0.3, 0.4) is 0 Å². The Morgan fingerprint density at radius 3 is 2.69 bits per heavy atom. The first kappa shape index (κ1) is 18.9. The number of amides is 2. The molecule has 0 radical (unpaired) electrons. The molecule has 1 atom stereocenters. The summed E-state index contributed by atoms with van der Waals surface area (Å²) in [6.07, 6.45) is 3.52. The third-order valence-corrected chi connectivity index (χ3v) is 5.15. The van der Waals surface area contributed by atoms with E-state index >= 15 is 0 Å². The number of anilines is 1. The van der Waals surface area contributed by atoms with Crippen LogP contribution in [-0.2, 0) is 22.7 Å². The monoisotopic (exact) mass is 389 g/mol. The number of aromatic nitrogens is 1. The molecule has 0 aliphatic carbocycles. The highest BCUT2D eigenvalue weighted by Crippen LogP contribution is 2.26.